The lowest BCUT2D eigenvalue weighted by Gasteiger charge is -2.09. The van der Waals surface area contributed by atoms with Crippen LogP contribution in [0, 0.1) is 0 Å². The Balaban J connectivity index is 1.81. The van der Waals surface area contributed by atoms with Crippen molar-refractivity contribution in [2.24, 2.45) is 0 Å². The van der Waals surface area contributed by atoms with Gasteiger partial charge in [0.2, 0.25) is 5.91 Å². The highest BCUT2D eigenvalue weighted by atomic mass is 35.5. The maximum Gasteiger partial charge on any atom is 0.238 e. The van der Waals surface area contributed by atoms with E-state index in [2.05, 4.69) is 10.6 Å². The van der Waals surface area contributed by atoms with Gasteiger partial charge in [0.1, 0.15) is 5.75 Å². The summed E-state index contributed by atoms with van der Waals surface area (Å²) in [5.41, 5.74) is 1.57. The average molecular weight is 339 g/mol. The summed E-state index contributed by atoms with van der Waals surface area (Å²) in [5, 5.41) is 6.53. The average Bonchev–Trinajstić information content (AvgIpc) is 2.52. The van der Waals surface area contributed by atoms with E-state index >= 15 is 0 Å². The van der Waals surface area contributed by atoms with Crippen molar-refractivity contribution in [3.63, 3.8) is 0 Å². The number of halogens is 2. The Morgan fingerprint density at radius 1 is 1.14 bits per heavy atom. The molecule has 2 aromatic rings. The second-order valence-corrected chi connectivity index (χ2v) is 5.39. The molecule has 22 heavy (non-hydrogen) atoms. The van der Waals surface area contributed by atoms with E-state index in [0.717, 1.165) is 11.3 Å². The summed E-state index contributed by atoms with van der Waals surface area (Å²) >= 11 is 11.9. The molecule has 0 aliphatic heterocycles. The fourth-order valence-electron chi connectivity index (χ4n) is 1.86. The Hall–Kier alpha value is -1.75. The Kier molecular flexibility index (Phi) is 6.07. The van der Waals surface area contributed by atoms with E-state index in [4.69, 9.17) is 27.9 Å². The molecule has 0 fully saturated rings. The standard InChI is InChI=1S/C16H16Cl2N2O2/c1-22-12-7-5-11(6-8-12)9-19-10-15(21)20-14-4-2-3-13(17)16(14)18/h2-8,19H,9-10H2,1H3,(H,20,21). The predicted molar refractivity (Wildman–Crippen MR) is 89.8 cm³/mol. The molecular weight excluding hydrogens is 323 g/mol. The van der Waals surface area contributed by atoms with Crippen molar-refractivity contribution in [3.05, 3.63) is 58.1 Å². The number of methoxy groups -OCH3 is 1. The van der Waals surface area contributed by atoms with E-state index in [-0.39, 0.29) is 12.5 Å². The summed E-state index contributed by atoms with van der Waals surface area (Å²) in [6, 6.07) is 12.7. The van der Waals surface area contributed by atoms with Gasteiger partial charge >= 0.3 is 0 Å². The van der Waals surface area contributed by atoms with Gasteiger partial charge in [-0.15, -0.1) is 0 Å². The minimum absolute atomic E-state index is 0.175. The van der Waals surface area contributed by atoms with Crippen LogP contribution in [-0.4, -0.2) is 19.6 Å². The maximum absolute atomic E-state index is 11.9. The number of carbonyl (C=O) groups is 1. The Bertz CT molecular complexity index is 645. The first-order chi connectivity index (χ1) is 10.6. The highest BCUT2D eigenvalue weighted by Crippen LogP contribution is 2.29. The summed E-state index contributed by atoms with van der Waals surface area (Å²) in [6.45, 7) is 0.759. The minimum atomic E-state index is -0.183. The number of ether oxygens (including phenoxy) is 1. The lowest BCUT2D eigenvalue weighted by molar-refractivity contribution is -0.115. The van der Waals surface area contributed by atoms with Crippen LogP contribution in [0.4, 0.5) is 5.69 Å². The fourth-order valence-corrected chi connectivity index (χ4v) is 2.21. The summed E-state index contributed by atoms with van der Waals surface area (Å²) in [7, 11) is 1.62. The molecule has 0 saturated heterocycles. The van der Waals surface area contributed by atoms with Crippen molar-refractivity contribution in [2.45, 2.75) is 6.54 Å². The van der Waals surface area contributed by atoms with Crippen molar-refractivity contribution in [3.8, 4) is 5.75 Å². The molecule has 0 aliphatic carbocycles. The normalized spacial score (nSPS) is 10.3. The van der Waals surface area contributed by atoms with E-state index in [9.17, 15) is 4.79 Å². The molecule has 6 heteroatoms. The van der Waals surface area contributed by atoms with Crippen molar-refractivity contribution in [2.75, 3.05) is 19.0 Å². The van der Waals surface area contributed by atoms with Crippen LogP contribution < -0.4 is 15.4 Å². The monoisotopic (exact) mass is 338 g/mol. The largest absolute Gasteiger partial charge is 0.497 e. The zero-order valence-electron chi connectivity index (χ0n) is 12.0. The molecule has 2 aromatic carbocycles. The summed E-state index contributed by atoms with van der Waals surface area (Å²) < 4.78 is 5.09. The minimum Gasteiger partial charge on any atom is -0.497 e. The first-order valence-electron chi connectivity index (χ1n) is 6.67. The smallest absolute Gasteiger partial charge is 0.238 e. The van der Waals surface area contributed by atoms with Crippen LogP contribution in [0.1, 0.15) is 5.56 Å². The number of benzene rings is 2. The molecule has 0 aliphatic rings. The van der Waals surface area contributed by atoms with Crippen LogP contribution >= 0.6 is 23.2 Å². The van der Waals surface area contributed by atoms with Crippen LogP contribution in [0.25, 0.3) is 0 Å². The van der Waals surface area contributed by atoms with Crippen LogP contribution in [0.15, 0.2) is 42.5 Å². The zero-order chi connectivity index (χ0) is 15.9. The van der Waals surface area contributed by atoms with Crippen LogP contribution in [0.2, 0.25) is 10.0 Å². The zero-order valence-corrected chi connectivity index (χ0v) is 13.5. The van der Waals surface area contributed by atoms with Crippen molar-refractivity contribution in [1.82, 2.24) is 5.32 Å². The van der Waals surface area contributed by atoms with Gasteiger partial charge in [-0.3, -0.25) is 4.79 Å². The molecule has 0 aromatic heterocycles. The topological polar surface area (TPSA) is 50.4 Å². The third-order valence-corrected chi connectivity index (χ3v) is 3.82. The number of anilines is 1. The first-order valence-corrected chi connectivity index (χ1v) is 7.43. The lowest BCUT2D eigenvalue weighted by Crippen LogP contribution is -2.27. The summed E-state index contributed by atoms with van der Waals surface area (Å²) in [4.78, 5) is 11.9. The van der Waals surface area contributed by atoms with E-state index in [1.54, 1.807) is 25.3 Å². The molecule has 0 heterocycles. The Labute approximate surface area is 139 Å². The van der Waals surface area contributed by atoms with E-state index in [0.29, 0.717) is 22.3 Å². The van der Waals surface area contributed by atoms with Crippen molar-refractivity contribution < 1.29 is 9.53 Å². The quantitative estimate of drug-likeness (QED) is 0.843. The molecule has 0 spiro atoms. The van der Waals surface area contributed by atoms with Gasteiger partial charge in [-0.25, -0.2) is 0 Å². The highest BCUT2D eigenvalue weighted by molar-refractivity contribution is 6.43. The number of nitrogens with one attached hydrogen (secondary N) is 2. The molecule has 0 saturated carbocycles. The van der Waals surface area contributed by atoms with Gasteiger partial charge in [0.25, 0.3) is 0 Å². The summed E-state index contributed by atoms with van der Waals surface area (Å²) in [6.07, 6.45) is 0. The van der Waals surface area contributed by atoms with Crippen LogP contribution in [0.3, 0.4) is 0 Å². The SMILES string of the molecule is COc1ccc(CNCC(=O)Nc2cccc(Cl)c2Cl)cc1. The van der Waals surface area contributed by atoms with Crippen molar-refractivity contribution >= 4 is 34.8 Å². The fraction of sp³-hybridized carbons (Fsp3) is 0.188. The molecule has 116 valence electrons. The molecule has 0 unspecified atom stereocenters. The summed E-state index contributed by atoms with van der Waals surface area (Å²) in [5.74, 6) is 0.620. The predicted octanol–water partition coefficient (Wildman–Crippen LogP) is 3.73. The van der Waals surface area contributed by atoms with Gasteiger partial charge in [0.15, 0.2) is 0 Å². The molecule has 0 radical (unpaired) electrons. The molecule has 4 nitrogen and oxygen atoms in total. The Morgan fingerprint density at radius 3 is 2.55 bits per heavy atom. The molecule has 2 N–H and O–H groups in total. The van der Waals surface area contributed by atoms with Crippen molar-refractivity contribution in [1.29, 1.82) is 0 Å². The molecular formula is C16H16Cl2N2O2. The van der Waals surface area contributed by atoms with E-state index in [1.165, 1.54) is 0 Å². The van der Waals surface area contributed by atoms with Gasteiger partial charge < -0.3 is 15.4 Å². The molecule has 1 amide bonds. The van der Waals surface area contributed by atoms with Gasteiger partial charge in [0, 0.05) is 6.54 Å². The van der Waals surface area contributed by atoms with Crippen LogP contribution in [-0.2, 0) is 11.3 Å². The van der Waals surface area contributed by atoms with Gasteiger partial charge in [0.05, 0.1) is 29.4 Å². The lowest BCUT2D eigenvalue weighted by atomic mass is 10.2. The maximum atomic E-state index is 11.9. The number of rotatable bonds is 6. The Morgan fingerprint density at radius 2 is 1.86 bits per heavy atom. The van der Waals surface area contributed by atoms with Gasteiger partial charge in [-0.05, 0) is 29.8 Å². The van der Waals surface area contributed by atoms with E-state index < -0.39 is 0 Å². The number of hydrogen-bond donors (Lipinski definition) is 2. The highest BCUT2D eigenvalue weighted by Gasteiger charge is 2.07. The van der Waals surface area contributed by atoms with E-state index in [1.807, 2.05) is 24.3 Å². The van der Waals surface area contributed by atoms with Gasteiger partial charge in [-0.1, -0.05) is 41.4 Å². The van der Waals surface area contributed by atoms with Crippen LogP contribution in [0.5, 0.6) is 5.75 Å². The number of hydrogen-bond acceptors (Lipinski definition) is 3. The first kappa shape index (κ1) is 16.6. The number of amides is 1. The molecule has 0 bridgehead atoms. The third-order valence-electron chi connectivity index (χ3n) is 3.00. The second kappa shape index (κ2) is 8.03. The molecule has 0 atom stereocenters. The number of carbonyl (C=O) groups excluding carboxylic acids is 1. The van der Waals surface area contributed by atoms with Gasteiger partial charge in [-0.2, -0.15) is 0 Å². The third kappa shape index (κ3) is 4.63. The second-order valence-electron chi connectivity index (χ2n) is 4.60. The molecule has 2 rings (SSSR count).